The van der Waals surface area contributed by atoms with Gasteiger partial charge in [-0.3, -0.25) is 0 Å². The first-order chi connectivity index (χ1) is 11.2. The van der Waals surface area contributed by atoms with Crippen LogP contribution in [0.25, 0.3) is 0 Å². The van der Waals surface area contributed by atoms with Gasteiger partial charge < -0.3 is 44.8 Å². The van der Waals surface area contributed by atoms with E-state index in [0.29, 0.717) is 39.6 Å². The Morgan fingerprint density at radius 1 is 0.375 bits per heavy atom. The van der Waals surface area contributed by atoms with Gasteiger partial charge in [0.05, 0.1) is 52.9 Å². The Labute approximate surface area is 174 Å². The van der Waals surface area contributed by atoms with Crippen molar-refractivity contribution in [1.82, 2.24) is 0 Å². The van der Waals surface area contributed by atoms with Crippen LogP contribution in [0.15, 0.2) is 0 Å². The molecule has 24 heavy (non-hydrogen) atoms. The van der Waals surface area contributed by atoms with E-state index in [0.717, 1.165) is 12.8 Å². The molecule has 0 saturated heterocycles. The minimum absolute atomic E-state index is 0. The van der Waals surface area contributed by atoms with Crippen LogP contribution in [0.3, 0.4) is 0 Å². The first-order valence-corrected chi connectivity index (χ1v) is 7.63. The molecule has 0 heterocycles. The molecule has 6 N–H and O–H groups in total. The first kappa shape index (κ1) is 32.6. The molecule has 0 rings (SSSR count). The monoisotopic (exact) mass is 388 g/mol. The van der Waals surface area contributed by atoms with Crippen molar-refractivity contribution >= 4 is 37.7 Å². The second kappa shape index (κ2) is 39.1. The third-order valence-electron chi connectivity index (χ3n) is 1.83. The molecule has 0 aromatic carbocycles. The SMILES string of the molecule is OCCO.OCCO.OCCOCCCOCCCOCCO.[CaH2]. The Balaban J connectivity index is -0.000000186. The maximum absolute atomic E-state index is 8.42. The van der Waals surface area contributed by atoms with Gasteiger partial charge in [-0.25, -0.2) is 0 Å². The molecule has 0 aliphatic rings. The number of hydrogen-bond acceptors (Lipinski definition) is 9. The van der Waals surface area contributed by atoms with Crippen LogP contribution in [0.1, 0.15) is 12.8 Å². The summed E-state index contributed by atoms with van der Waals surface area (Å²) in [6.45, 7) is 3.04. The van der Waals surface area contributed by atoms with Crippen LogP contribution >= 0.6 is 0 Å². The van der Waals surface area contributed by atoms with Crippen LogP contribution in [0.4, 0.5) is 0 Å². The Morgan fingerprint density at radius 2 is 0.625 bits per heavy atom. The van der Waals surface area contributed by atoms with Crippen molar-refractivity contribution in [2.75, 3.05) is 79.3 Å². The summed E-state index contributed by atoms with van der Waals surface area (Å²) in [6, 6.07) is 0. The Kier molecular flexibility index (Phi) is 53.1. The van der Waals surface area contributed by atoms with Crippen molar-refractivity contribution in [2.24, 2.45) is 0 Å². The van der Waals surface area contributed by atoms with E-state index in [2.05, 4.69) is 0 Å². The van der Waals surface area contributed by atoms with Gasteiger partial charge in [0, 0.05) is 26.4 Å². The summed E-state index contributed by atoms with van der Waals surface area (Å²) in [5.41, 5.74) is 0. The van der Waals surface area contributed by atoms with Crippen LogP contribution in [0.5, 0.6) is 0 Å². The summed E-state index contributed by atoms with van der Waals surface area (Å²) in [5, 5.41) is 47.3. The zero-order valence-corrected chi connectivity index (χ0v) is 13.8. The standard InChI is InChI=1S/C10H22O5.2C2H6O2.Ca.2H/c11-3-9-14-7-1-5-13-6-2-8-15-10-4-12;2*3-1-2-4;;;/h11-12H,1-10H2;2*3-4H,1-2H2;;;. The molecule has 0 unspecified atom stereocenters. The average molecular weight is 389 g/mol. The molecular formula is C14H36CaO9. The first-order valence-electron chi connectivity index (χ1n) is 7.63. The number of aliphatic hydroxyl groups excluding tert-OH is 6. The van der Waals surface area contributed by atoms with Crippen LogP contribution in [-0.2, 0) is 14.2 Å². The van der Waals surface area contributed by atoms with Gasteiger partial charge in [0.15, 0.2) is 0 Å². The van der Waals surface area contributed by atoms with Gasteiger partial charge in [0.1, 0.15) is 0 Å². The van der Waals surface area contributed by atoms with E-state index in [-0.39, 0.29) is 77.4 Å². The number of rotatable bonds is 14. The zero-order chi connectivity index (χ0) is 18.0. The molecule has 0 bridgehead atoms. The van der Waals surface area contributed by atoms with Crippen molar-refractivity contribution in [2.45, 2.75) is 12.8 Å². The van der Waals surface area contributed by atoms with Gasteiger partial charge in [-0.15, -0.1) is 0 Å². The summed E-state index contributed by atoms with van der Waals surface area (Å²) in [7, 11) is 0. The summed E-state index contributed by atoms with van der Waals surface area (Å²) in [6.07, 6.45) is 1.69. The predicted molar refractivity (Wildman–Crippen MR) is 92.7 cm³/mol. The van der Waals surface area contributed by atoms with Gasteiger partial charge in [0.25, 0.3) is 0 Å². The van der Waals surface area contributed by atoms with Gasteiger partial charge in [0.2, 0.25) is 0 Å². The van der Waals surface area contributed by atoms with Crippen molar-refractivity contribution in [1.29, 1.82) is 0 Å². The van der Waals surface area contributed by atoms with E-state index >= 15 is 0 Å². The molecule has 0 atom stereocenters. The molecule has 148 valence electrons. The summed E-state index contributed by atoms with van der Waals surface area (Å²) >= 11 is 0. The molecular weight excluding hydrogens is 352 g/mol. The zero-order valence-electron chi connectivity index (χ0n) is 13.8. The molecule has 9 nitrogen and oxygen atoms in total. The van der Waals surface area contributed by atoms with Crippen molar-refractivity contribution < 1.29 is 44.8 Å². The summed E-state index contributed by atoms with van der Waals surface area (Å²) < 4.78 is 15.4. The van der Waals surface area contributed by atoms with E-state index in [1.165, 1.54) is 0 Å². The van der Waals surface area contributed by atoms with Crippen LogP contribution < -0.4 is 0 Å². The molecule has 0 aromatic rings. The molecule has 10 heteroatoms. The third kappa shape index (κ3) is 49.5. The van der Waals surface area contributed by atoms with Crippen molar-refractivity contribution in [3.8, 4) is 0 Å². The number of ether oxygens (including phenoxy) is 3. The molecule has 0 radical (unpaired) electrons. The molecule has 0 aliphatic carbocycles. The van der Waals surface area contributed by atoms with Gasteiger partial charge >= 0.3 is 37.7 Å². The minimum atomic E-state index is -0.125. The third-order valence-corrected chi connectivity index (χ3v) is 1.83. The van der Waals surface area contributed by atoms with Crippen LogP contribution in [-0.4, -0.2) is 148 Å². The van der Waals surface area contributed by atoms with E-state index in [1.807, 2.05) is 0 Å². The van der Waals surface area contributed by atoms with Crippen LogP contribution in [0, 0.1) is 0 Å². The molecule has 0 amide bonds. The second-order valence-corrected chi connectivity index (χ2v) is 3.89. The second-order valence-electron chi connectivity index (χ2n) is 3.89. The quantitative estimate of drug-likeness (QED) is 0.134. The molecule has 0 aromatic heterocycles. The Morgan fingerprint density at radius 3 is 0.833 bits per heavy atom. The fourth-order valence-electron chi connectivity index (χ4n) is 0.961. The summed E-state index contributed by atoms with van der Waals surface area (Å²) in [5.74, 6) is 0. The van der Waals surface area contributed by atoms with E-state index in [9.17, 15) is 0 Å². The molecule has 0 saturated carbocycles. The normalized spacial score (nSPS) is 9.25. The van der Waals surface area contributed by atoms with Gasteiger partial charge in [-0.05, 0) is 12.8 Å². The predicted octanol–water partition coefficient (Wildman–Crippen LogP) is -3.17. The van der Waals surface area contributed by atoms with Crippen molar-refractivity contribution in [3.05, 3.63) is 0 Å². The van der Waals surface area contributed by atoms with Gasteiger partial charge in [-0.1, -0.05) is 0 Å². The Hall–Kier alpha value is 0.900. The number of aliphatic hydroxyl groups is 6. The average Bonchev–Trinajstić information content (AvgIpc) is 2.60. The molecule has 0 fully saturated rings. The fraction of sp³-hybridized carbons (Fsp3) is 1.00. The van der Waals surface area contributed by atoms with Crippen molar-refractivity contribution in [3.63, 3.8) is 0 Å². The molecule has 0 spiro atoms. The van der Waals surface area contributed by atoms with Crippen LogP contribution in [0.2, 0.25) is 0 Å². The topological polar surface area (TPSA) is 149 Å². The van der Waals surface area contributed by atoms with E-state index in [1.54, 1.807) is 0 Å². The fourth-order valence-corrected chi connectivity index (χ4v) is 0.961. The van der Waals surface area contributed by atoms with E-state index in [4.69, 9.17) is 44.8 Å². The number of hydrogen-bond donors (Lipinski definition) is 6. The van der Waals surface area contributed by atoms with Gasteiger partial charge in [-0.2, -0.15) is 0 Å². The molecule has 0 aliphatic heterocycles. The Bertz CT molecular complexity index is 147. The maximum atomic E-state index is 8.42. The van der Waals surface area contributed by atoms with E-state index < -0.39 is 0 Å². The summed E-state index contributed by atoms with van der Waals surface area (Å²) in [4.78, 5) is 0.